The van der Waals surface area contributed by atoms with Crippen LogP contribution in [-0.2, 0) is 4.79 Å². The highest BCUT2D eigenvalue weighted by Gasteiger charge is 2.27. The SMILES string of the molecule is CN(C)C/C=C/C(=O)Nc1ccc(C(=O)N[C@@H]2CCC(Nc3ncc(Cl)c(-c4cccnc4)n3)C2)cc1. The average Bonchev–Trinajstić information content (AvgIpc) is 3.32. The molecule has 2 heterocycles. The monoisotopic (exact) mass is 519 g/mol. The molecule has 0 aliphatic heterocycles. The molecule has 1 aliphatic carbocycles. The van der Waals surface area contributed by atoms with Gasteiger partial charge in [0.05, 0.1) is 16.9 Å². The van der Waals surface area contributed by atoms with Gasteiger partial charge in [0.1, 0.15) is 0 Å². The minimum absolute atomic E-state index is 0.0382. The number of hydrogen-bond acceptors (Lipinski definition) is 7. The van der Waals surface area contributed by atoms with Crippen LogP contribution in [0.2, 0.25) is 5.02 Å². The number of benzene rings is 1. The maximum atomic E-state index is 12.8. The second-order valence-electron chi connectivity index (χ2n) is 9.19. The van der Waals surface area contributed by atoms with Crippen LogP contribution in [0.25, 0.3) is 11.3 Å². The van der Waals surface area contributed by atoms with Crippen molar-refractivity contribution in [1.82, 2.24) is 25.2 Å². The predicted molar refractivity (Wildman–Crippen MR) is 146 cm³/mol. The highest BCUT2D eigenvalue weighted by atomic mass is 35.5. The number of carbonyl (C=O) groups is 2. The summed E-state index contributed by atoms with van der Waals surface area (Å²) >= 11 is 6.30. The second kappa shape index (κ2) is 12.4. The third-order valence-electron chi connectivity index (χ3n) is 5.93. The maximum Gasteiger partial charge on any atom is 0.251 e. The Hall–Kier alpha value is -3.82. The molecule has 1 saturated carbocycles. The van der Waals surface area contributed by atoms with Crippen molar-refractivity contribution < 1.29 is 9.59 Å². The molecule has 0 radical (unpaired) electrons. The number of anilines is 2. The lowest BCUT2D eigenvalue weighted by molar-refractivity contribution is -0.111. The van der Waals surface area contributed by atoms with E-state index in [0.717, 1.165) is 24.8 Å². The van der Waals surface area contributed by atoms with Crippen molar-refractivity contribution in [3.63, 3.8) is 0 Å². The molecule has 2 atom stereocenters. The number of halogens is 1. The fourth-order valence-electron chi connectivity index (χ4n) is 4.10. The van der Waals surface area contributed by atoms with Gasteiger partial charge in [0.15, 0.2) is 0 Å². The van der Waals surface area contributed by atoms with Gasteiger partial charge in [-0.1, -0.05) is 17.7 Å². The Morgan fingerprint density at radius 3 is 2.62 bits per heavy atom. The van der Waals surface area contributed by atoms with Crippen molar-refractivity contribution in [2.45, 2.75) is 31.3 Å². The van der Waals surface area contributed by atoms with Gasteiger partial charge in [0.2, 0.25) is 11.9 Å². The van der Waals surface area contributed by atoms with Crippen LogP contribution in [0, 0.1) is 0 Å². The highest BCUT2D eigenvalue weighted by Crippen LogP contribution is 2.27. The molecule has 0 spiro atoms. The van der Waals surface area contributed by atoms with Gasteiger partial charge in [0, 0.05) is 53.9 Å². The summed E-state index contributed by atoms with van der Waals surface area (Å²) in [5.74, 6) is 0.145. The van der Waals surface area contributed by atoms with E-state index in [9.17, 15) is 9.59 Å². The minimum Gasteiger partial charge on any atom is -0.351 e. The maximum absolute atomic E-state index is 12.8. The van der Waals surface area contributed by atoms with Gasteiger partial charge in [-0.2, -0.15) is 0 Å². The molecule has 3 aromatic rings. The van der Waals surface area contributed by atoms with Gasteiger partial charge in [-0.05, 0) is 69.8 Å². The fraction of sp³-hybridized carbons (Fsp3) is 0.296. The Labute approximate surface area is 221 Å². The second-order valence-corrected chi connectivity index (χ2v) is 9.59. The molecule has 0 saturated heterocycles. The molecule has 10 heteroatoms. The number of pyridine rings is 1. The van der Waals surface area contributed by atoms with Crippen LogP contribution in [0.15, 0.2) is 67.1 Å². The van der Waals surface area contributed by atoms with Crippen molar-refractivity contribution in [3.8, 4) is 11.3 Å². The summed E-state index contributed by atoms with van der Waals surface area (Å²) in [4.78, 5) is 39.7. The molecule has 9 nitrogen and oxygen atoms in total. The molecular formula is C27H30ClN7O2. The Balaban J connectivity index is 1.28. The number of hydrogen-bond donors (Lipinski definition) is 3. The van der Waals surface area contributed by atoms with Gasteiger partial charge in [-0.25, -0.2) is 9.97 Å². The van der Waals surface area contributed by atoms with Crippen LogP contribution in [0.3, 0.4) is 0 Å². The minimum atomic E-state index is -0.208. The summed E-state index contributed by atoms with van der Waals surface area (Å²) < 4.78 is 0. The van der Waals surface area contributed by atoms with E-state index in [1.54, 1.807) is 48.9 Å². The van der Waals surface area contributed by atoms with Gasteiger partial charge < -0.3 is 20.9 Å². The van der Waals surface area contributed by atoms with Crippen molar-refractivity contribution in [3.05, 3.63) is 77.7 Å². The van der Waals surface area contributed by atoms with Gasteiger partial charge in [0.25, 0.3) is 5.91 Å². The van der Waals surface area contributed by atoms with Crippen molar-refractivity contribution in [1.29, 1.82) is 0 Å². The van der Waals surface area contributed by atoms with E-state index in [4.69, 9.17) is 11.6 Å². The van der Waals surface area contributed by atoms with Crippen LogP contribution in [-0.4, -0.2) is 64.4 Å². The summed E-state index contributed by atoms with van der Waals surface area (Å²) in [5.41, 5.74) is 2.62. The zero-order chi connectivity index (χ0) is 26.2. The first-order valence-electron chi connectivity index (χ1n) is 12.1. The largest absolute Gasteiger partial charge is 0.351 e. The van der Waals surface area contributed by atoms with E-state index in [1.807, 2.05) is 31.1 Å². The van der Waals surface area contributed by atoms with E-state index in [2.05, 4.69) is 30.9 Å². The summed E-state index contributed by atoms with van der Waals surface area (Å²) in [7, 11) is 3.87. The Bertz CT molecular complexity index is 1250. The number of rotatable bonds is 9. The van der Waals surface area contributed by atoms with Gasteiger partial charge in [-0.3, -0.25) is 14.6 Å². The fourth-order valence-corrected chi connectivity index (χ4v) is 4.30. The Kier molecular flexibility index (Phi) is 8.81. The lowest BCUT2D eigenvalue weighted by Crippen LogP contribution is -2.34. The average molecular weight is 520 g/mol. The first-order chi connectivity index (χ1) is 17.9. The van der Waals surface area contributed by atoms with E-state index < -0.39 is 0 Å². The standard InChI is InChI=1S/C27H30ClN7O2/c1-35(2)14-4-6-24(36)31-20-9-7-18(8-10-20)26(37)32-21-11-12-22(15-21)33-27-30-17-23(28)25(34-27)19-5-3-13-29-16-19/h3-10,13,16-17,21-22H,11-12,14-15H2,1-2H3,(H,31,36)(H,32,37)(H,30,33,34)/b6-4+/t21-,22?/m1/s1. The zero-order valence-corrected chi connectivity index (χ0v) is 21.6. The summed E-state index contributed by atoms with van der Waals surface area (Å²) in [6, 6.07) is 10.8. The van der Waals surface area contributed by atoms with Crippen molar-refractivity contribution in [2.75, 3.05) is 31.3 Å². The number of aromatic nitrogens is 3. The number of nitrogens with one attached hydrogen (secondary N) is 3. The third-order valence-corrected chi connectivity index (χ3v) is 6.21. The lowest BCUT2D eigenvalue weighted by atomic mass is 10.1. The topological polar surface area (TPSA) is 112 Å². The van der Waals surface area contributed by atoms with E-state index >= 15 is 0 Å². The number of nitrogens with zero attached hydrogens (tertiary/aromatic N) is 4. The van der Waals surface area contributed by atoms with E-state index in [1.165, 1.54) is 6.08 Å². The van der Waals surface area contributed by atoms with Crippen LogP contribution >= 0.6 is 11.6 Å². The molecule has 192 valence electrons. The predicted octanol–water partition coefficient (Wildman–Crippen LogP) is 4.01. The molecule has 37 heavy (non-hydrogen) atoms. The molecule has 2 aromatic heterocycles. The van der Waals surface area contributed by atoms with E-state index in [-0.39, 0.29) is 23.9 Å². The zero-order valence-electron chi connectivity index (χ0n) is 20.8. The molecule has 1 fully saturated rings. The molecule has 3 N–H and O–H groups in total. The molecule has 0 bridgehead atoms. The van der Waals surface area contributed by atoms with Crippen LogP contribution in [0.1, 0.15) is 29.6 Å². The highest BCUT2D eigenvalue weighted by molar-refractivity contribution is 6.32. The number of amides is 2. The molecule has 1 unspecified atom stereocenters. The number of carbonyl (C=O) groups excluding carboxylic acids is 2. The van der Waals surface area contributed by atoms with E-state index in [0.29, 0.717) is 34.5 Å². The molecule has 4 rings (SSSR count). The first-order valence-corrected chi connectivity index (χ1v) is 12.5. The van der Waals surface area contributed by atoms with Gasteiger partial charge in [-0.15, -0.1) is 0 Å². The lowest BCUT2D eigenvalue weighted by Gasteiger charge is -2.15. The molecular weight excluding hydrogens is 490 g/mol. The molecule has 2 amide bonds. The smallest absolute Gasteiger partial charge is 0.251 e. The van der Waals surface area contributed by atoms with Crippen LogP contribution in [0.5, 0.6) is 0 Å². The summed E-state index contributed by atoms with van der Waals surface area (Å²) in [6.45, 7) is 0.684. The third kappa shape index (κ3) is 7.58. The molecule has 1 aromatic carbocycles. The summed E-state index contributed by atoms with van der Waals surface area (Å²) in [5, 5.41) is 9.72. The molecule has 1 aliphatic rings. The van der Waals surface area contributed by atoms with Gasteiger partial charge >= 0.3 is 0 Å². The van der Waals surface area contributed by atoms with Crippen molar-refractivity contribution in [2.24, 2.45) is 0 Å². The Morgan fingerprint density at radius 1 is 1.11 bits per heavy atom. The Morgan fingerprint density at radius 2 is 1.89 bits per heavy atom. The summed E-state index contributed by atoms with van der Waals surface area (Å²) in [6.07, 6.45) is 10.8. The van der Waals surface area contributed by atoms with Crippen LogP contribution in [0.4, 0.5) is 11.6 Å². The number of likely N-dealkylation sites (N-methyl/N-ethyl adjacent to an activating group) is 1. The van der Waals surface area contributed by atoms with Crippen LogP contribution < -0.4 is 16.0 Å². The normalized spacial score (nSPS) is 17.2. The first kappa shape index (κ1) is 26.2. The quantitative estimate of drug-likeness (QED) is 0.366. The van der Waals surface area contributed by atoms with Crippen molar-refractivity contribution >= 4 is 35.1 Å².